The number of nitrogens with two attached hydrogens (primary N) is 1. The zero-order valence-corrected chi connectivity index (χ0v) is 22.6. The molecule has 0 saturated heterocycles. The lowest BCUT2D eigenvalue weighted by Gasteiger charge is -2.43. The van der Waals surface area contributed by atoms with Gasteiger partial charge in [-0.2, -0.15) is 13.2 Å². The molecule has 4 aromatic rings. The van der Waals surface area contributed by atoms with E-state index in [0.717, 1.165) is 25.3 Å². The van der Waals surface area contributed by atoms with Crippen molar-refractivity contribution in [1.29, 1.82) is 0 Å². The molecule has 13 heteroatoms. The first-order chi connectivity index (χ1) is 18.9. The molecule has 0 spiro atoms. The van der Waals surface area contributed by atoms with Crippen LogP contribution in [0.25, 0.3) is 22.1 Å². The Morgan fingerprint density at radius 1 is 1.27 bits per heavy atom. The lowest BCUT2D eigenvalue weighted by molar-refractivity contribution is -0.137. The second-order valence-corrected chi connectivity index (χ2v) is 11.7. The Morgan fingerprint density at radius 3 is 2.80 bits per heavy atom. The number of rotatable bonds is 7. The summed E-state index contributed by atoms with van der Waals surface area (Å²) < 4.78 is 41.1. The summed E-state index contributed by atoms with van der Waals surface area (Å²) in [4.78, 5) is 18.0. The third-order valence-electron chi connectivity index (χ3n) is 8.80. The molecule has 0 aliphatic heterocycles. The normalized spacial score (nSPS) is 27.2. The minimum Gasteiger partial charge on any atom is -0.388 e. The predicted molar refractivity (Wildman–Crippen MR) is 144 cm³/mol. The summed E-state index contributed by atoms with van der Waals surface area (Å²) in [5, 5.41) is 22.9. The van der Waals surface area contributed by atoms with E-state index in [1.807, 2.05) is 7.05 Å². The largest absolute Gasteiger partial charge is 0.417 e. The van der Waals surface area contributed by atoms with Crippen LogP contribution in [0, 0.1) is 11.8 Å². The molecule has 3 aromatic heterocycles. The summed E-state index contributed by atoms with van der Waals surface area (Å²) in [5.41, 5.74) is 4.87. The number of aryl methyl sites for hydroxylation is 1. The van der Waals surface area contributed by atoms with E-state index in [0.29, 0.717) is 71.5 Å². The lowest BCUT2D eigenvalue weighted by Crippen LogP contribution is -2.48. The molecule has 1 aromatic carbocycles. The number of nitrogen functional groups attached to an aromatic ring is 1. The van der Waals surface area contributed by atoms with E-state index in [-0.39, 0.29) is 10.9 Å². The molecule has 2 aliphatic carbocycles. The summed E-state index contributed by atoms with van der Waals surface area (Å²) in [6.07, 6.45) is 2.15. The number of fused-ring (bicyclic) bond motifs is 2. The fraction of sp³-hybridized carbons (Fsp3) is 0.519. The summed E-state index contributed by atoms with van der Waals surface area (Å²) in [7, 11) is 2.05. The number of halogens is 4. The maximum Gasteiger partial charge on any atom is 0.417 e. The molecule has 5 N–H and O–H groups in total. The summed E-state index contributed by atoms with van der Waals surface area (Å²) in [6.45, 7) is 0.656. The van der Waals surface area contributed by atoms with E-state index in [4.69, 9.17) is 17.3 Å². The maximum absolute atomic E-state index is 13.2. The highest BCUT2D eigenvalue weighted by atomic mass is 35.5. The second kappa shape index (κ2) is 9.86. The van der Waals surface area contributed by atoms with Crippen molar-refractivity contribution in [3.05, 3.63) is 47.1 Å². The van der Waals surface area contributed by atoms with Gasteiger partial charge in [0.15, 0.2) is 5.72 Å². The number of benzene rings is 1. The van der Waals surface area contributed by atoms with Crippen LogP contribution in [0.4, 0.5) is 19.0 Å². The van der Waals surface area contributed by atoms with Crippen LogP contribution in [-0.2, 0) is 18.3 Å². The number of aromatic amines is 1. The molecule has 3 unspecified atom stereocenters. The van der Waals surface area contributed by atoms with Gasteiger partial charge in [-0.1, -0.05) is 11.6 Å². The van der Waals surface area contributed by atoms with Crippen LogP contribution in [0.1, 0.15) is 43.5 Å². The summed E-state index contributed by atoms with van der Waals surface area (Å²) in [5.74, 6) is 1.36. The van der Waals surface area contributed by atoms with Gasteiger partial charge in [0, 0.05) is 31.1 Å². The SMILES string of the molecule is CN(CC1CCC(O)(n2ccc3c(N)ncnc32)C1O)C1CC(CCc2nc3cc(Cl)c(C(F)(F)F)cc3[nH]2)C1. The number of aromatic nitrogens is 5. The van der Waals surface area contributed by atoms with Gasteiger partial charge >= 0.3 is 6.18 Å². The van der Waals surface area contributed by atoms with E-state index >= 15 is 0 Å². The standard InChI is InChI=1S/C27H31ClF3N7O2/c1-37(12-15-4-6-26(40,23(15)39)38-7-5-17-24(32)33-13-34-25(17)38)16-8-14(9-16)2-3-22-35-20-10-18(27(29,30)31)19(28)11-21(20)36-22/h5,7,10-11,13-16,23,39-40H,2-4,6,8-9,12H2,1H3,(H,35,36)(H2,32,33,34). The van der Waals surface area contributed by atoms with Crippen molar-refractivity contribution in [1.82, 2.24) is 29.4 Å². The third-order valence-corrected chi connectivity index (χ3v) is 9.12. The Morgan fingerprint density at radius 2 is 2.05 bits per heavy atom. The molecule has 0 radical (unpaired) electrons. The van der Waals surface area contributed by atoms with E-state index in [1.54, 1.807) is 16.8 Å². The minimum absolute atomic E-state index is 0.102. The van der Waals surface area contributed by atoms with Crippen molar-refractivity contribution in [3.63, 3.8) is 0 Å². The van der Waals surface area contributed by atoms with Crippen LogP contribution >= 0.6 is 11.6 Å². The van der Waals surface area contributed by atoms with Crippen LogP contribution in [0.2, 0.25) is 5.02 Å². The summed E-state index contributed by atoms with van der Waals surface area (Å²) >= 11 is 5.82. The number of anilines is 1. The molecule has 2 fully saturated rings. The Balaban J connectivity index is 1.02. The van der Waals surface area contributed by atoms with Gasteiger partial charge in [0.2, 0.25) is 0 Å². The topological polar surface area (TPSA) is 129 Å². The zero-order chi connectivity index (χ0) is 28.4. The second-order valence-electron chi connectivity index (χ2n) is 11.3. The van der Waals surface area contributed by atoms with Crippen molar-refractivity contribution in [2.24, 2.45) is 11.8 Å². The van der Waals surface area contributed by atoms with Crippen molar-refractivity contribution in [2.45, 2.75) is 62.6 Å². The van der Waals surface area contributed by atoms with Crippen molar-refractivity contribution >= 4 is 39.5 Å². The highest BCUT2D eigenvalue weighted by Crippen LogP contribution is 2.43. The quantitative estimate of drug-likeness (QED) is 0.257. The van der Waals surface area contributed by atoms with Gasteiger partial charge in [-0.15, -0.1) is 0 Å². The van der Waals surface area contributed by atoms with Gasteiger partial charge in [0.05, 0.1) is 27.0 Å². The van der Waals surface area contributed by atoms with Crippen LogP contribution < -0.4 is 5.73 Å². The predicted octanol–water partition coefficient (Wildman–Crippen LogP) is 4.32. The number of imidazole rings is 1. The maximum atomic E-state index is 13.2. The molecule has 3 atom stereocenters. The van der Waals surface area contributed by atoms with Gasteiger partial charge in [0.25, 0.3) is 0 Å². The number of nitrogens with one attached hydrogen (secondary N) is 1. The van der Waals surface area contributed by atoms with Crippen molar-refractivity contribution < 1.29 is 23.4 Å². The fourth-order valence-electron chi connectivity index (χ4n) is 6.39. The number of aliphatic hydroxyl groups excluding tert-OH is 1. The Bertz CT molecular complexity index is 1550. The monoisotopic (exact) mass is 577 g/mol. The van der Waals surface area contributed by atoms with Gasteiger partial charge in [-0.25, -0.2) is 15.0 Å². The first-order valence-electron chi connectivity index (χ1n) is 13.4. The first-order valence-corrected chi connectivity index (χ1v) is 13.8. The van der Waals surface area contributed by atoms with Gasteiger partial charge < -0.3 is 30.4 Å². The number of aliphatic hydroxyl groups is 2. The highest BCUT2D eigenvalue weighted by molar-refractivity contribution is 6.32. The van der Waals surface area contributed by atoms with Gasteiger partial charge in [-0.3, -0.25) is 0 Å². The third kappa shape index (κ3) is 4.70. The van der Waals surface area contributed by atoms with E-state index in [1.165, 1.54) is 12.4 Å². The average Bonchev–Trinajstić information content (AvgIpc) is 3.55. The molecule has 0 amide bonds. The molecule has 2 aliphatic rings. The van der Waals surface area contributed by atoms with Crippen molar-refractivity contribution in [2.75, 3.05) is 19.3 Å². The number of hydrogen-bond acceptors (Lipinski definition) is 7. The van der Waals surface area contributed by atoms with Crippen LogP contribution in [0.5, 0.6) is 0 Å². The molecule has 6 rings (SSSR count). The molecular weight excluding hydrogens is 547 g/mol. The van der Waals surface area contributed by atoms with Crippen molar-refractivity contribution in [3.8, 4) is 0 Å². The molecular formula is C27H31ClF3N7O2. The Kier molecular flexibility index (Phi) is 6.72. The van der Waals surface area contributed by atoms with Gasteiger partial charge in [0.1, 0.15) is 29.7 Å². The zero-order valence-electron chi connectivity index (χ0n) is 21.9. The van der Waals surface area contributed by atoms with Gasteiger partial charge in [-0.05, 0) is 63.3 Å². The molecule has 40 heavy (non-hydrogen) atoms. The average molecular weight is 578 g/mol. The lowest BCUT2D eigenvalue weighted by atomic mass is 9.76. The molecule has 214 valence electrons. The number of alkyl halides is 3. The first kappa shape index (κ1) is 27.3. The molecule has 9 nitrogen and oxygen atoms in total. The minimum atomic E-state index is -4.52. The van der Waals surface area contributed by atoms with Crippen LogP contribution in [0.15, 0.2) is 30.7 Å². The molecule has 0 bridgehead atoms. The Labute approximate surface area is 233 Å². The van der Waals surface area contributed by atoms with E-state index < -0.39 is 23.6 Å². The number of hydrogen-bond donors (Lipinski definition) is 4. The smallest absolute Gasteiger partial charge is 0.388 e. The number of H-pyrrole nitrogens is 1. The van der Waals surface area contributed by atoms with Crippen LogP contribution in [-0.4, -0.2) is 65.4 Å². The van der Waals surface area contributed by atoms with Crippen LogP contribution in [0.3, 0.4) is 0 Å². The van der Waals surface area contributed by atoms with E-state index in [9.17, 15) is 23.4 Å². The Hall–Kier alpha value is -2.93. The van der Waals surface area contributed by atoms with E-state index in [2.05, 4.69) is 24.8 Å². The summed E-state index contributed by atoms with van der Waals surface area (Å²) in [6, 6.07) is 4.40. The number of nitrogens with zero attached hydrogens (tertiary/aromatic N) is 5. The highest BCUT2D eigenvalue weighted by Gasteiger charge is 2.49. The molecule has 2 saturated carbocycles. The molecule has 3 heterocycles. The fourth-order valence-corrected chi connectivity index (χ4v) is 6.66.